The third-order valence-corrected chi connectivity index (χ3v) is 11.2. The van der Waals surface area contributed by atoms with Gasteiger partial charge in [-0.05, 0) is 6.42 Å². The summed E-state index contributed by atoms with van der Waals surface area (Å²) in [5, 5.41) is 0. The van der Waals surface area contributed by atoms with Gasteiger partial charge in [0.05, 0.1) is 0 Å². The molecule has 0 N–H and O–H groups in total. The second-order valence-corrected chi connectivity index (χ2v) is 13.1. The van der Waals surface area contributed by atoms with Crippen LogP contribution in [-0.4, -0.2) is 13.6 Å². The van der Waals surface area contributed by atoms with Gasteiger partial charge in [0, 0.05) is 6.54 Å². The van der Waals surface area contributed by atoms with E-state index in [-0.39, 0.29) is 0 Å². The van der Waals surface area contributed by atoms with Crippen molar-refractivity contribution in [3.8, 4) is 0 Å². The monoisotopic (exact) mass is 371 g/mol. The lowest BCUT2D eigenvalue weighted by atomic mass is 10.3. The smallest absolute Gasteiger partial charge is 0.240 e. The quantitative estimate of drug-likeness (QED) is 0.293. The van der Waals surface area contributed by atoms with Gasteiger partial charge >= 0.3 is 0 Å². The first-order chi connectivity index (χ1) is 6.56. The van der Waals surface area contributed by atoms with Crippen LogP contribution in [-0.2, 0) is 0 Å². The lowest BCUT2D eigenvalue weighted by molar-refractivity contribution is 0.812. The Morgan fingerprint density at radius 2 is 1.40 bits per heavy atom. The number of alkyl halides is 6. The number of hydrogen-bond donors (Lipinski definition) is 0. The van der Waals surface area contributed by atoms with E-state index in [0.717, 1.165) is 12.8 Å². The van der Waals surface area contributed by atoms with E-state index in [2.05, 4.69) is 4.74 Å². The topological polar surface area (TPSA) is 12.4 Å². The zero-order chi connectivity index (χ0) is 12.3. The zero-order valence-electron chi connectivity index (χ0n) is 7.66. The van der Waals surface area contributed by atoms with Gasteiger partial charge in [-0.2, -0.15) is 0 Å². The molecular weight excluding hydrogens is 365 g/mol. The predicted octanol–water partition coefficient (Wildman–Crippen LogP) is 6.80. The van der Waals surface area contributed by atoms with Gasteiger partial charge in [0.1, 0.15) is 0 Å². The maximum absolute atomic E-state index is 6.08. The highest BCUT2D eigenvalue weighted by Gasteiger charge is 2.53. The zero-order valence-corrected chi connectivity index (χ0v) is 13.8. The van der Waals surface area contributed by atoms with E-state index >= 15 is 0 Å². The van der Waals surface area contributed by atoms with E-state index in [1.165, 1.54) is 0 Å². The summed E-state index contributed by atoms with van der Waals surface area (Å²) in [6.45, 7) is 2.41. The minimum Gasteiger partial charge on any atom is -0.280 e. The predicted molar refractivity (Wildman–Crippen MR) is 75.6 cm³/mol. The van der Waals surface area contributed by atoms with Crippen LogP contribution in [0, 0.1) is 0 Å². The van der Waals surface area contributed by atoms with Gasteiger partial charge < -0.3 is 0 Å². The average Bonchev–Trinajstić information content (AvgIpc) is 2.00. The number of halogens is 7. The van der Waals surface area contributed by atoms with Crippen molar-refractivity contribution in [2.45, 2.75) is 26.8 Å². The Morgan fingerprint density at radius 1 is 1.00 bits per heavy atom. The van der Waals surface area contributed by atoms with Crippen molar-refractivity contribution in [1.82, 2.24) is 0 Å². The van der Waals surface area contributed by atoms with Crippen molar-refractivity contribution in [2.24, 2.45) is 4.74 Å². The highest BCUT2D eigenvalue weighted by atomic mass is 35.7. The number of unbranched alkanes of at least 4 members (excludes halogenated alkanes) is 1. The van der Waals surface area contributed by atoms with Crippen LogP contribution in [0.1, 0.15) is 19.8 Å². The van der Waals surface area contributed by atoms with E-state index in [4.69, 9.17) is 80.8 Å². The summed E-state index contributed by atoms with van der Waals surface area (Å²) in [5.41, 5.74) is 0. The Labute approximate surface area is 124 Å². The van der Waals surface area contributed by atoms with Gasteiger partial charge in [-0.3, -0.25) is 4.74 Å². The second-order valence-electron chi connectivity index (χ2n) is 2.71. The molecule has 0 saturated heterocycles. The van der Waals surface area contributed by atoms with Crippen molar-refractivity contribution in [3.63, 3.8) is 0 Å². The van der Waals surface area contributed by atoms with Crippen molar-refractivity contribution in [1.29, 1.82) is 0 Å². The normalized spacial score (nSPS) is 14.1. The molecule has 0 atom stereocenters. The molecule has 0 heterocycles. The van der Waals surface area contributed by atoms with Crippen LogP contribution >= 0.6 is 87.3 Å². The molecule has 1 nitrogen and oxygen atoms in total. The highest BCUT2D eigenvalue weighted by molar-refractivity contribution is 8.00. The second kappa shape index (κ2) is 6.43. The van der Waals surface area contributed by atoms with Gasteiger partial charge in [-0.25, -0.2) is 0 Å². The Bertz CT molecular complexity index is 235. The summed E-state index contributed by atoms with van der Waals surface area (Å²) in [6.07, 6.45) is -1.44. The molecule has 0 aliphatic rings. The summed E-state index contributed by atoms with van der Waals surface area (Å²) >= 11 is 40.3. The Balaban J connectivity index is 5.15. The van der Waals surface area contributed by atoms with Crippen LogP contribution in [0.15, 0.2) is 4.74 Å². The van der Waals surface area contributed by atoms with Crippen molar-refractivity contribution in [2.75, 3.05) is 6.54 Å². The van der Waals surface area contributed by atoms with Crippen LogP contribution in [0.25, 0.3) is 0 Å². The van der Waals surface area contributed by atoms with E-state index < -0.39 is 13.5 Å². The lowest BCUT2D eigenvalue weighted by Gasteiger charge is -2.30. The molecule has 15 heavy (non-hydrogen) atoms. The van der Waals surface area contributed by atoms with E-state index in [1.807, 2.05) is 6.92 Å². The van der Waals surface area contributed by atoms with Gasteiger partial charge in [0.15, 0.2) is 6.41 Å². The Hall–Kier alpha value is 2.26. The molecule has 0 rings (SSSR count). The molecule has 0 aromatic carbocycles. The molecule has 0 saturated carbocycles. The molecule has 9 heteroatoms. The molecule has 0 amide bonds. The van der Waals surface area contributed by atoms with Crippen LogP contribution < -0.4 is 0 Å². The third-order valence-electron chi connectivity index (χ3n) is 1.48. The minimum atomic E-state index is -3.18. The largest absolute Gasteiger partial charge is 0.280 e. The van der Waals surface area contributed by atoms with Crippen molar-refractivity contribution in [3.05, 3.63) is 0 Å². The van der Waals surface area contributed by atoms with Crippen LogP contribution in [0.2, 0.25) is 0 Å². The summed E-state index contributed by atoms with van der Waals surface area (Å²) in [4.78, 5) is 0. The van der Waals surface area contributed by atoms with Crippen LogP contribution in [0.4, 0.5) is 0 Å². The fraction of sp³-hybridized carbons (Fsp3) is 1.00. The van der Waals surface area contributed by atoms with Gasteiger partial charge in [0.25, 0.3) is 0 Å². The molecule has 0 aromatic heterocycles. The molecule has 92 valence electrons. The van der Waals surface area contributed by atoms with Crippen LogP contribution in [0.3, 0.4) is 0 Å². The first kappa shape index (κ1) is 17.3. The standard InChI is InChI=1S/C6H9Cl7NP/c1-2-3-4-14-15(13,5(7,8)9)6(10,11)12/h2-4H2,1H3. The Kier molecular flexibility index (Phi) is 7.40. The van der Waals surface area contributed by atoms with Crippen molar-refractivity contribution < 1.29 is 0 Å². The lowest BCUT2D eigenvalue weighted by Crippen LogP contribution is -2.13. The van der Waals surface area contributed by atoms with Crippen molar-refractivity contribution >= 4 is 87.3 Å². The first-order valence-electron chi connectivity index (χ1n) is 3.97. The fourth-order valence-corrected chi connectivity index (χ4v) is 6.33. The van der Waals surface area contributed by atoms with E-state index in [1.54, 1.807) is 0 Å². The molecule has 0 aliphatic carbocycles. The van der Waals surface area contributed by atoms with E-state index in [9.17, 15) is 0 Å². The number of rotatable bonds is 3. The molecule has 0 fully saturated rings. The summed E-state index contributed by atoms with van der Waals surface area (Å²) in [7, 11) is 0. The summed E-state index contributed by atoms with van der Waals surface area (Å²) < 4.78 is 0.310. The fourth-order valence-electron chi connectivity index (χ4n) is 0.671. The molecule has 0 aromatic rings. The Morgan fingerprint density at radius 3 is 1.67 bits per heavy atom. The minimum absolute atomic E-state index is 0.412. The van der Waals surface area contributed by atoms with E-state index in [0.29, 0.717) is 6.54 Å². The third kappa shape index (κ3) is 4.79. The maximum Gasteiger partial charge on any atom is 0.240 e. The maximum atomic E-state index is 6.08. The molecule has 0 radical (unpaired) electrons. The SMILES string of the molecule is CCCCN=P(Cl)(C(Cl)(Cl)Cl)C(Cl)(Cl)Cl. The van der Waals surface area contributed by atoms with Crippen LogP contribution in [0.5, 0.6) is 0 Å². The average molecular weight is 374 g/mol. The van der Waals surface area contributed by atoms with Gasteiger partial charge in [-0.15, -0.1) is 0 Å². The van der Waals surface area contributed by atoms with Gasteiger partial charge in [0.2, 0.25) is 7.07 Å². The first-order valence-corrected chi connectivity index (χ1v) is 8.89. The molecule has 0 spiro atoms. The number of nitrogens with zero attached hydrogens (tertiary/aromatic N) is 1. The summed E-state index contributed by atoms with van der Waals surface area (Å²) in [5.74, 6) is 0. The summed E-state index contributed by atoms with van der Waals surface area (Å²) in [6, 6.07) is 0. The van der Waals surface area contributed by atoms with Gasteiger partial charge in [-0.1, -0.05) is 94.2 Å². The highest BCUT2D eigenvalue weighted by Crippen LogP contribution is 2.81. The molecule has 0 unspecified atom stereocenters. The molecular formula is C6H9Cl7NP. The number of hydrogen-bond acceptors (Lipinski definition) is 1. The molecule has 0 bridgehead atoms. The molecule has 0 aliphatic heterocycles.